The SMILES string of the molecule is CNCc1ccc(S(=O)(=O)Nc2ccc(Br)c(C)n2)nc1. The summed E-state index contributed by atoms with van der Waals surface area (Å²) < 4.78 is 27.7. The Morgan fingerprint density at radius 3 is 2.57 bits per heavy atom. The Kier molecular flexibility index (Phi) is 4.92. The number of hydrogen-bond acceptors (Lipinski definition) is 5. The van der Waals surface area contributed by atoms with Crippen molar-refractivity contribution in [3.8, 4) is 0 Å². The number of anilines is 1. The third kappa shape index (κ3) is 3.99. The zero-order chi connectivity index (χ0) is 15.5. The molecule has 0 aliphatic heterocycles. The molecule has 112 valence electrons. The highest BCUT2D eigenvalue weighted by Gasteiger charge is 2.16. The van der Waals surface area contributed by atoms with Crippen molar-refractivity contribution >= 4 is 31.8 Å². The largest absolute Gasteiger partial charge is 0.316 e. The first-order valence-electron chi connectivity index (χ1n) is 6.18. The maximum atomic E-state index is 12.2. The number of halogens is 1. The molecule has 0 aromatic carbocycles. The van der Waals surface area contributed by atoms with E-state index < -0.39 is 10.0 Å². The van der Waals surface area contributed by atoms with Gasteiger partial charge in [0, 0.05) is 17.2 Å². The molecule has 0 aliphatic carbocycles. The number of aromatic nitrogens is 2. The minimum Gasteiger partial charge on any atom is -0.316 e. The number of nitrogens with zero attached hydrogens (tertiary/aromatic N) is 2. The van der Waals surface area contributed by atoms with Gasteiger partial charge in [-0.05, 0) is 53.7 Å². The monoisotopic (exact) mass is 370 g/mol. The van der Waals surface area contributed by atoms with E-state index in [4.69, 9.17) is 0 Å². The fraction of sp³-hybridized carbons (Fsp3) is 0.231. The summed E-state index contributed by atoms with van der Waals surface area (Å²) in [6.45, 7) is 2.42. The second-order valence-electron chi connectivity index (χ2n) is 4.40. The van der Waals surface area contributed by atoms with Crippen LogP contribution in [0.2, 0.25) is 0 Å². The normalized spacial score (nSPS) is 11.4. The van der Waals surface area contributed by atoms with Gasteiger partial charge in [-0.15, -0.1) is 0 Å². The number of rotatable bonds is 5. The molecule has 0 spiro atoms. The summed E-state index contributed by atoms with van der Waals surface area (Å²) in [5.74, 6) is 0.261. The predicted molar refractivity (Wildman–Crippen MR) is 84.5 cm³/mol. The van der Waals surface area contributed by atoms with Crippen molar-refractivity contribution in [3.63, 3.8) is 0 Å². The summed E-state index contributed by atoms with van der Waals surface area (Å²) in [4.78, 5) is 8.13. The predicted octanol–water partition coefficient (Wildman–Crippen LogP) is 2.07. The standard InChI is InChI=1S/C13H15BrN4O2S/c1-9-11(14)4-5-12(17-9)18-21(19,20)13-6-3-10(7-15-2)8-16-13/h3-6,8,15H,7H2,1-2H3,(H,17,18). The topological polar surface area (TPSA) is 84.0 Å². The van der Waals surface area contributed by atoms with Gasteiger partial charge >= 0.3 is 0 Å². The summed E-state index contributed by atoms with van der Waals surface area (Å²) in [5.41, 5.74) is 1.61. The Labute approximate surface area is 132 Å². The Morgan fingerprint density at radius 1 is 1.24 bits per heavy atom. The summed E-state index contributed by atoms with van der Waals surface area (Å²) in [6.07, 6.45) is 1.53. The number of sulfonamides is 1. The molecule has 0 saturated carbocycles. The second-order valence-corrected chi connectivity index (χ2v) is 6.89. The maximum absolute atomic E-state index is 12.2. The van der Waals surface area contributed by atoms with E-state index in [1.54, 1.807) is 25.1 Å². The Hall–Kier alpha value is -1.51. The molecule has 0 bridgehead atoms. The summed E-state index contributed by atoms with van der Waals surface area (Å²) in [6, 6.07) is 6.52. The molecule has 2 heterocycles. The molecule has 0 atom stereocenters. The van der Waals surface area contributed by atoms with Crippen LogP contribution in [-0.2, 0) is 16.6 Å². The van der Waals surface area contributed by atoms with Crippen LogP contribution in [0.5, 0.6) is 0 Å². The highest BCUT2D eigenvalue weighted by atomic mass is 79.9. The Morgan fingerprint density at radius 2 is 2.00 bits per heavy atom. The molecule has 2 aromatic rings. The van der Waals surface area contributed by atoms with Crippen molar-refractivity contribution in [3.05, 3.63) is 46.2 Å². The zero-order valence-corrected chi connectivity index (χ0v) is 14.0. The van der Waals surface area contributed by atoms with E-state index in [-0.39, 0.29) is 10.8 Å². The van der Waals surface area contributed by atoms with Gasteiger partial charge in [-0.2, -0.15) is 8.42 Å². The lowest BCUT2D eigenvalue weighted by atomic mass is 10.3. The van der Waals surface area contributed by atoms with Crippen LogP contribution in [0.3, 0.4) is 0 Å². The van der Waals surface area contributed by atoms with Crippen LogP contribution in [0, 0.1) is 6.92 Å². The third-order valence-corrected chi connectivity index (χ3v) is 4.82. The van der Waals surface area contributed by atoms with Crippen molar-refractivity contribution in [2.45, 2.75) is 18.5 Å². The highest BCUT2D eigenvalue weighted by Crippen LogP contribution is 2.18. The van der Waals surface area contributed by atoms with Crippen LogP contribution >= 0.6 is 15.9 Å². The average molecular weight is 371 g/mol. The number of pyridine rings is 2. The maximum Gasteiger partial charge on any atom is 0.280 e. The van der Waals surface area contributed by atoms with Crippen molar-refractivity contribution in [1.82, 2.24) is 15.3 Å². The molecular formula is C13H15BrN4O2S. The molecule has 0 aliphatic rings. The van der Waals surface area contributed by atoms with Crippen LogP contribution in [0.15, 0.2) is 40.0 Å². The minimum atomic E-state index is -3.73. The van der Waals surface area contributed by atoms with E-state index >= 15 is 0 Å². The lowest BCUT2D eigenvalue weighted by Gasteiger charge is -2.08. The molecule has 21 heavy (non-hydrogen) atoms. The van der Waals surface area contributed by atoms with Gasteiger partial charge in [-0.3, -0.25) is 4.72 Å². The Bertz CT molecular complexity index is 732. The average Bonchev–Trinajstić information content (AvgIpc) is 2.44. The second kappa shape index (κ2) is 6.50. The molecule has 0 unspecified atom stereocenters. The fourth-order valence-corrected chi connectivity index (χ4v) is 2.82. The van der Waals surface area contributed by atoms with E-state index in [1.165, 1.54) is 12.3 Å². The van der Waals surface area contributed by atoms with Crippen LogP contribution in [0.25, 0.3) is 0 Å². The quantitative estimate of drug-likeness (QED) is 0.841. The molecule has 2 N–H and O–H groups in total. The van der Waals surface area contributed by atoms with Gasteiger partial charge in [-0.25, -0.2) is 9.97 Å². The minimum absolute atomic E-state index is 0.0373. The van der Waals surface area contributed by atoms with Crippen molar-refractivity contribution in [2.75, 3.05) is 11.8 Å². The summed E-state index contributed by atoms with van der Waals surface area (Å²) >= 11 is 3.32. The molecular weight excluding hydrogens is 356 g/mol. The first-order chi connectivity index (χ1) is 9.92. The van der Waals surface area contributed by atoms with Crippen molar-refractivity contribution < 1.29 is 8.42 Å². The highest BCUT2D eigenvalue weighted by molar-refractivity contribution is 9.10. The van der Waals surface area contributed by atoms with Crippen molar-refractivity contribution in [2.24, 2.45) is 0 Å². The van der Waals surface area contributed by atoms with E-state index in [0.29, 0.717) is 12.2 Å². The van der Waals surface area contributed by atoms with Gasteiger partial charge in [0.2, 0.25) is 0 Å². The van der Waals surface area contributed by atoms with Crippen LogP contribution in [-0.4, -0.2) is 25.4 Å². The molecule has 0 fully saturated rings. The molecule has 8 heteroatoms. The molecule has 2 aromatic heterocycles. The zero-order valence-electron chi connectivity index (χ0n) is 11.6. The molecule has 2 rings (SSSR count). The van der Waals surface area contributed by atoms with Crippen LogP contribution < -0.4 is 10.0 Å². The number of nitrogens with one attached hydrogen (secondary N) is 2. The fourth-order valence-electron chi connectivity index (χ4n) is 1.67. The van der Waals surface area contributed by atoms with E-state index in [1.807, 2.05) is 7.05 Å². The molecule has 6 nitrogen and oxygen atoms in total. The van der Waals surface area contributed by atoms with Gasteiger partial charge in [-0.1, -0.05) is 6.07 Å². The number of aryl methyl sites for hydroxylation is 1. The van der Waals surface area contributed by atoms with E-state index in [9.17, 15) is 8.42 Å². The van der Waals surface area contributed by atoms with Crippen LogP contribution in [0.4, 0.5) is 5.82 Å². The van der Waals surface area contributed by atoms with Crippen LogP contribution in [0.1, 0.15) is 11.3 Å². The lowest BCUT2D eigenvalue weighted by Crippen LogP contribution is -2.16. The van der Waals surface area contributed by atoms with Gasteiger partial charge in [0.05, 0.1) is 5.69 Å². The lowest BCUT2D eigenvalue weighted by molar-refractivity contribution is 0.597. The molecule has 0 radical (unpaired) electrons. The first-order valence-corrected chi connectivity index (χ1v) is 8.45. The van der Waals surface area contributed by atoms with Crippen molar-refractivity contribution in [1.29, 1.82) is 0 Å². The van der Waals surface area contributed by atoms with Gasteiger partial charge in [0.15, 0.2) is 5.03 Å². The van der Waals surface area contributed by atoms with E-state index in [2.05, 4.69) is 35.9 Å². The van der Waals surface area contributed by atoms with Gasteiger partial charge < -0.3 is 5.32 Å². The molecule has 0 amide bonds. The van der Waals surface area contributed by atoms with Gasteiger partial charge in [0.1, 0.15) is 5.82 Å². The number of hydrogen-bond donors (Lipinski definition) is 2. The smallest absolute Gasteiger partial charge is 0.280 e. The summed E-state index contributed by atoms with van der Waals surface area (Å²) in [5, 5.41) is 2.94. The Balaban J connectivity index is 2.23. The third-order valence-electron chi connectivity index (χ3n) is 2.71. The molecule has 0 saturated heterocycles. The van der Waals surface area contributed by atoms with E-state index in [0.717, 1.165) is 10.0 Å². The van der Waals surface area contributed by atoms with Gasteiger partial charge in [0.25, 0.3) is 10.0 Å². The first kappa shape index (κ1) is 15.9. The summed E-state index contributed by atoms with van der Waals surface area (Å²) in [7, 11) is -1.92.